The summed E-state index contributed by atoms with van der Waals surface area (Å²) in [4.78, 5) is 29.3. The highest BCUT2D eigenvalue weighted by Gasteiger charge is 2.34. The average Bonchev–Trinajstić information content (AvgIpc) is 2.95. The molecule has 0 heterocycles. The molecule has 4 rings (SSSR count). The van der Waals surface area contributed by atoms with Gasteiger partial charge in [-0.1, -0.05) is 83.7 Å². The largest absolute Gasteiger partial charge is 0.352 e. The molecule has 1 fully saturated rings. The van der Waals surface area contributed by atoms with Crippen molar-refractivity contribution in [3.05, 3.63) is 100 Å². The highest BCUT2D eigenvalue weighted by atomic mass is 79.9. The van der Waals surface area contributed by atoms with E-state index in [1.807, 2.05) is 30.3 Å². The van der Waals surface area contributed by atoms with E-state index >= 15 is 0 Å². The summed E-state index contributed by atoms with van der Waals surface area (Å²) in [5.41, 5.74) is 1.37. The van der Waals surface area contributed by atoms with Crippen LogP contribution in [0.25, 0.3) is 0 Å². The Hall–Kier alpha value is -3.24. The molecule has 2 amide bonds. The number of carbonyl (C=O) groups is 2. The van der Waals surface area contributed by atoms with Gasteiger partial charge in [-0.25, -0.2) is 12.8 Å². The van der Waals surface area contributed by atoms with Crippen molar-refractivity contribution < 1.29 is 22.4 Å². The predicted molar refractivity (Wildman–Crippen MR) is 162 cm³/mol. The minimum atomic E-state index is -3.87. The number of halogens is 2. The summed E-state index contributed by atoms with van der Waals surface area (Å²) in [6.07, 6.45) is 6.09. The molecule has 0 saturated heterocycles. The summed E-state index contributed by atoms with van der Waals surface area (Å²) in [7, 11) is -3.87. The van der Waals surface area contributed by atoms with Crippen LogP contribution in [0.4, 0.5) is 10.1 Å². The number of amides is 2. The summed E-state index contributed by atoms with van der Waals surface area (Å²) in [6, 6.07) is 21.0. The molecule has 0 radical (unpaired) electrons. The zero-order valence-electron chi connectivity index (χ0n) is 23.0. The monoisotopic (exact) mass is 643 g/mol. The van der Waals surface area contributed by atoms with E-state index in [1.54, 1.807) is 42.5 Å². The number of hydrogen-bond donors (Lipinski definition) is 1. The number of benzene rings is 3. The number of anilines is 1. The predicted octanol–water partition coefficient (Wildman–Crippen LogP) is 5.44. The first-order chi connectivity index (χ1) is 19.6. The molecule has 0 spiro atoms. The highest BCUT2D eigenvalue weighted by molar-refractivity contribution is 9.10. The number of rotatable bonds is 11. The van der Waals surface area contributed by atoms with Gasteiger partial charge in [-0.15, -0.1) is 0 Å². The normalized spacial score (nSPS) is 14.7. The molecule has 41 heavy (non-hydrogen) atoms. The standard InChI is InChI=1S/C31H35BrFN3O4S/c1-41(39,40)36(27-18-16-25(32)17-19-27)22-30(37)35(21-24-12-8-9-15-28(24)33)29(20-23-10-4-2-5-11-23)31(38)34-26-13-6-3-7-14-26/h2,4-5,8-12,15-19,26,29H,3,6-7,13-14,20-22H2,1H3,(H,34,38)/t29-/m0/s1. The van der Waals surface area contributed by atoms with Gasteiger partial charge in [-0.3, -0.25) is 13.9 Å². The fraction of sp³-hybridized carbons (Fsp3) is 0.355. The zero-order valence-corrected chi connectivity index (χ0v) is 25.4. The van der Waals surface area contributed by atoms with Crippen molar-refractivity contribution in [3.63, 3.8) is 0 Å². The molecular weight excluding hydrogens is 609 g/mol. The lowest BCUT2D eigenvalue weighted by Gasteiger charge is -2.35. The molecule has 0 aromatic heterocycles. The van der Waals surface area contributed by atoms with Crippen molar-refractivity contribution >= 4 is 43.5 Å². The molecule has 3 aromatic rings. The second-order valence-corrected chi connectivity index (χ2v) is 13.2. The van der Waals surface area contributed by atoms with Crippen molar-refractivity contribution in [2.45, 2.75) is 57.2 Å². The van der Waals surface area contributed by atoms with Gasteiger partial charge in [0.2, 0.25) is 21.8 Å². The molecule has 0 unspecified atom stereocenters. The molecule has 1 saturated carbocycles. The van der Waals surface area contributed by atoms with E-state index in [2.05, 4.69) is 21.2 Å². The van der Waals surface area contributed by atoms with Crippen LogP contribution in [0.5, 0.6) is 0 Å². The van der Waals surface area contributed by atoms with Crippen molar-refractivity contribution in [2.75, 3.05) is 17.1 Å². The molecule has 10 heteroatoms. The first-order valence-electron chi connectivity index (χ1n) is 13.7. The van der Waals surface area contributed by atoms with Crippen LogP contribution in [-0.4, -0.2) is 50.0 Å². The number of carbonyl (C=O) groups excluding carboxylic acids is 2. The molecule has 218 valence electrons. The summed E-state index contributed by atoms with van der Waals surface area (Å²) < 4.78 is 42.3. The molecule has 1 aliphatic carbocycles. The molecular formula is C31H35BrFN3O4S. The van der Waals surface area contributed by atoms with Crippen LogP contribution >= 0.6 is 15.9 Å². The van der Waals surface area contributed by atoms with E-state index in [0.29, 0.717) is 5.69 Å². The zero-order chi connectivity index (χ0) is 29.4. The lowest BCUT2D eigenvalue weighted by atomic mass is 9.94. The summed E-state index contributed by atoms with van der Waals surface area (Å²) in [5.74, 6) is -1.45. The Kier molecular flexibility index (Phi) is 10.6. The van der Waals surface area contributed by atoms with Crippen molar-refractivity contribution in [2.24, 2.45) is 0 Å². The number of nitrogens with one attached hydrogen (secondary N) is 1. The fourth-order valence-corrected chi connectivity index (χ4v) is 6.24. The lowest BCUT2D eigenvalue weighted by molar-refractivity contribution is -0.140. The Morgan fingerprint density at radius 1 is 0.951 bits per heavy atom. The van der Waals surface area contributed by atoms with Crippen molar-refractivity contribution in [1.82, 2.24) is 10.2 Å². The minimum absolute atomic E-state index is 0.00443. The Labute approximate surface area is 249 Å². The van der Waals surface area contributed by atoms with Crippen LogP contribution < -0.4 is 9.62 Å². The molecule has 0 bridgehead atoms. The number of nitrogens with zero attached hydrogens (tertiary/aromatic N) is 2. The first-order valence-corrected chi connectivity index (χ1v) is 16.4. The molecule has 1 aliphatic rings. The Morgan fingerprint density at radius 2 is 1.59 bits per heavy atom. The van der Waals surface area contributed by atoms with Crippen LogP contribution in [-0.2, 0) is 32.6 Å². The summed E-state index contributed by atoms with van der Waals surface area (Å²) >= 11 is 3.35. The summed E-state index contributed by atoms with van der Waals surface area (Å²) in [6.45, 7) is -0.740. The van der Waals surface area contributed by atoms with Gasteiger partial charge < -0.3 is 10.2 Å². The number of sulfonamides is 1. The maximum absolute atomic E-state index is 14.9. The average molecular weight is 645 g/mol. The first kappa shape index (κ1) is 30.7. The van der Waals surface area contributed by atoms with E-state index in [4.69, 9.17) is 0 Å². The van der Waals surface area contributed by atoms with E-state index in [9.17, 15) is 22.4 Å². The van der Waals surface area contributed by atoms with Gasteiger partial charge in [0, 0.05) is 29.0 Å². The third-order valence-electron chi connectivity index (χ3n) is 7.31. The smallest absolute Gasteiger partial charge is 0.244 e. The van der Waals surface area contributed by atoms with Crippen molar-refractivity contribution in [3.8, 4) is 0 Å². The number of hydrogen-bond acceptors (Lipinski definition) is 4. The second-order valence-electron chi connectivity index (χ2n) is 10.4. The topological polar surface area (TPSA) is 86.8 Å². The quantitative estimate of drug-likeness (QED) is 0.301. The van der Waals surface area contributed by atoms with Gasteiger partial charge in [0.25, 0.3) is 0 Å². The van der Waals surface area contributed by atoms with Gasteiger partial charge in [-0.05, 0) is 48.7 Å². The Morgan fingerprint density at radius 3 is 2.22 bits per heavy atom. The van der Waals surface area contributed by atoms with Crippen LogP contribution in [0, 0.1) is 5.82 Å². The Bertz CT molecular complexity index is 1430. The third-order valence-corrected chi connectivity index (χ3v) is 8.98. The van der Waals surface area contributed by atoms with E-state index in [1.165, 1.54) is 11.0 Å². The van der Waals surface area contributed by atoms with Gasteiger partial charge in [-0.2, -0.15) is 0 Å². The molecule has 0 aliphatic heterocycles. The molecule has 7 nitrogen and oxygen atoms in total. The fourth-order valence-electron chi connectivity index (χ4n) is 5.13. The lowest BCUT2D eigenvalue weighted by Crippen LogP contribution is -2.55. The molecule has 3 aromatic carbocycles. The van der Waals surface area contributed by atoms with Crippen LogP contribution in [0.1, 0.15) is 43.2 Å². The highest BCUT2D eigenvalue weighted by Crippen LogP contribution is 2.24. The van der Waals surface area contributed by atoms with Gasteiger partial charge in [0.05, 0.1) is 11.9 Å². The van der Waals surface area contributed by atoms with Crippen LogP contribution in [0.15, 0.2) is 83.3 Å². The van der Waals surface area contributed by atoms with E-state index in [0.717, 1.165) is 52.7 Å². The Balaban J connectivity index is 1.72. The van der Waals surface area contributed by atoms with E-state index < -0.39 is 34.3 Å². The maximum atomic E-state index is 14.9. The van der Waals surface area contributed by atoms with Gasteiger partial charge in [0.1, 0.15) is 18.4 Å². The SMILES string of the molecule is CS(=O)(=O)N(CC(=O)N(Cc1ccccc1F)[C@@H](Cc1ccccc1)C(=O)NC1CCCCC1)c1ccc(Br)cc1. The van der Waals surface area contributed by atoms with Gasteiger partial charge in [0.15, 0.2) is 0 Å². The van der Waals surface area contributed by atoms with E-state index in [-0.39, 0.29) is 30.5 Å². The van der Waals surface area contributed by atoms with Gasteiger partial charge >= 0.3 is 0 Å². The summed E-state index contributed by atoms with van der Waals surface area (Å²) in [5, 5.41) is 3.13. The molecule has 1 N–H and O–H groups in total. The van der Waals surface area contributed by atoms with Crippen LogP contribution in [0.2, 0.25) is 0 Å². The third kappa shape index (κ3) is 8.63. The minimum Gasteiger partial charge on any atom is -0.352 e. The molecule has 1 atom stereocenters. The maximum Gasteiger partial charge on any atom is 0.244 e. The second kappa shape index (κ2) is 14.1. The van der Waals surface area contributed by atoms with Crippen molar-refractivity contribution in [1.29, 1.82) is 0 Å². The van der Waals surface area contributed by atoms with Crippen LogP contribution in [0.3, 0.4) is 0 Å².